The van der Waals surface area contributed by atoms with Crippen molar-refractivity contribution in [1.29, 1.82) is 0 Å². The average molecular weight is 346 g/mol. The van der Waals surface area contributed by atoms with Crippen LogP contribution in [0.1, 0.15) is 5.56 Å². The van der Waals surface area contributed by atoms with Gasteiger partial charge in [0.15, 0.2) is 0 Å². The summed E-state index contributed by atoms with van der Waals surface area (Å²) < 4.78 is 13.1. The first-order chi connectivity index (χ1) is 12.7. The number of hydrogen-bond acceptors (Lipinski definition) is 2. The molecule has 4 heteroatoms. The van der Waals surface area contributed by atoms with E-state index in [9.17, 15) is 9.18 Å². The highest BCUT2D eigenvalue weighted by molar-refractivity contribution is 5.99. The highest BCUT2D eigenvalue weighted by Crippen LogP contribution is 2.31. The van der Waals surface area contributed by atoms with Gasteiger partial charge >= 0.3 is 0 Å². The van der Waals surface area contributed by atoms with Crippen molar-refractivity contribution in [3.63, 3.8) is 0 Å². The van der Waals surface area contributed by atoms with Crippen LogP contribution in [0.25, 0.3) is 11.1 Å². The molecule has 0 spiro atoms. The Morgan fingerprint density at radius 3 is 2.42 bits per heavy atom. The number of halogens is 1. The minimum Gasteiger partial charge on any atom is -0.380 e. The van der Waals surface area contributed by atoms with Crippen LogP contribution in [-0.2, 0) is 11.3 Å². The van der Waals surface area contributed by atoms with Gasteiger partial charge in [0.25, 0.3) is 0 Å². The van der Waals surface area contributed by atoms with Gasteiger partial charge in [0.2, 0.25) is 5.91 Å². The zero-order chi connectivity index (χ0) is 18.4. The summed E-state index contributed by atoms with van der Waals surface area (Å²) in [7, 11) is 0. The van der Waals surface area contributed by atoms with E-state index in [1.165, 1.54) is 18.2 Å². The molecule has 2 N–H and O–H groups in total. The Bertz CT molecular complexity index is 905. The molecule has 0 saturated carbocycles. The maximum atomic E-state index is 13.1. The molecular formula is C22H19FN2O. The molecule has 0 aliphatic carbocycles. The molecule has 3 nitrogen and oxygen atoms in total. The second-order valence-electron chi connectivity index (χ2n) is 5.80. The van der Waals surface area contributed by atoms with E-state index in [0.717, 1.165) is 22.4 Å². The smallest absolute Gasteiger partial charge is 0.247 e. The summed E-state index contributed by atoms with van der Waals surface area (Å²) in [5, 5.41) is 6.17. The van der Waals surface area contributed by atoms with E-state index >= 15 is 0 Å². The molecule has 0 heterocycles. The molecule has 0 aliphatic heterocycles. The fraction of sp³-hybridized carbons (Fsp3) is 0.0455. The molecule has 3 aromatic rings. The van der Waals surface area contributed by atoms with Crippen LogP contribution in [0.3, 0.4) is 0 Å². The number of rotatable bonds is 6. The van der Waals surface area contributed by atoms with E-state index in [1.54, 1.807) is 12.1 Å². The number of nitrogens with one attached hydrogen (secondary N) is 2. The van der Waals surface area contributed by atoms with Gasteiger partial charge in [-0.2, -0.15) is 0 Å². The predicted octanol–water partition coefficient (Wildman–Crippen LogP) is 5.23. The molecule has 1 amide bonds. The van der Waals surface area contributed by atoms with Gasteiger partial charge in [0.05, 0.1) is 0 Å². The van der Waals surface area contributed by atoms with Crippen molar-refractivity contribution < 1.29 is 9.18 Å². The second-order valence-corrected chi connectivity index (χ2v) is 5.80. The van der Waals surface area contributed by atoms with E-state index in [2.05, 4.69) is 17.2 Å². The highest BCUT2D eigenvalue weighted by Gasteiger charge is 2.08. The minimum atomic E-state index is -0.254. The number of anilines is 2. The predicted molar refractivity (Wildman–Crippen MR) is 104 cm³/mol. The lowest BCUT2D eigenvalue weighted by Crippen LogP contribution is -2.08. The summed E-state index contributed by atoms with van der Waals surface area (Å²) in [5.74, 6) is -0.503. The molecule has 26 heavy (non-hydrogen) atoms. The number of carbonyl (C=O) groups excluding carboxylic acids is 1. The quantitative estimate of drug-likeness (QED) is 0.600. The summed E-state index contributed by atoms with van der Waals surface area (Å²) in [6.45, 7) is 4.04. The highest BCUT2D eigenvalue weighted by atomic mass is 19.1. The van der Waals surface area contributed by atoms with Crippen LogP contribution in [0.2, 0.25) is 0 Å². The van der Waals surface area contributed by atoms with E-state index in [0.29, 0.717) is 12.2 Å². The van der Waals surface area contributed by atoms with Gasteiger partial charge in [0, 0.05) is 23.5 Å². The summed E-state index contributed by atoms with van der Waals surface area (Å²) in [5.41, 5.74) is 4.60. The van der Waals surface area contributed by atoms with E-state index in [4.69, 9.17) is 0 Å². The monoisotopic (exact) mass is 346 g/mol. The van der Waals surface area contributed by atoms with Gasteiger partial charge in [-0.1, -0.05) is 49.0 Å². The Morgan fingerprint density at radius 2 is 1.73 bits per heavy atom. The second kappa shape index (κ2) is 8.12. The van der Waals surface area contributed by atoms with Crippen LogP contribution in [0.4, 0.5) is 15.8 Å². The maximum absolute atomic E-state index is 13.1. The lowest BCUT2D eigenvalue weighted by molar-refractivity contribution is -0.111. The molecule has 3 aromatic carbocycles. The Morgan fingerprint density at radius 1 is 1.00 bits per heavy atom. The normalized spacial score (nSPS) is 10.2. The number of amides is 1. The third kappa shape index (κ3) is 4.36. The van der Waals surface area contributed by atoms with Crippen molar-refractivity contribution in [2.75, 3.05) is 10.6 Å². The fourth-order valence-corrected chi connectivity index (χ4v) is 2.63. The summed E-state index contributed by atoms with van der Waals surface area (Å²) >= 11 is 0. The van der Waals surface area contributed by atoms with Crippen molar-refractivity contribution in [2.24, 2.45) is 0 Å². The standard InChI is InChI=1S/C22H19FN2O/c1-2-22(26)25-19-12-13-21(20(14-19)17-6-4-3-5-7-17)24-15-16-8-10-18(23)11-9-16/h2-14,24H,1,15H2,(H,25,26). The van der Waals surface area contributed by atoms with Crippen LogP contribution in [0, 0.1) is 5.82 Å². The first-order valence-corrected chi connectivity index (χ1v) is 8.27. The third-order valence-electron chi connectivity index (χ3n) is 3.95. The summed E-state index contributed by atoms with van der Waals surface area (Å²) in [4.78, 5) is 11.6. The van der Waals surface area contributed by atoms with Crippen molar-refractivity contribution in [3.05, 3.63) is 96.8 Å². The lowest BCUT2D eigenvalue weighted by Gasteiger charge is -2.15. The number of benzene rings is 3. The van der Waals surface area contributed by atoms with Gasteiger partial charge < -0.3 is 10.6 Å². The first-order valence-electron chi connectivity index (χ1n) is 8.27. The van der Waals surface area contributed by atoms with Gasteiger partial charge in [0.1, 0.15) is 5.82 Å². The Hall–Kier alpha value is -3.40. The van der Waals surface area contributed by atoms with Crippen LogP contribution < -0.4 is 10.6 Å². The SMILES string of the molecule is C=CC(=O)Nc1ccc(NCc2ccc(F)cc2)c(-c2ccccc2)c1. The Balaban J connectivity index is 1.89. The fourth-order valence-electron chi connectivity index (χ4n) is 2.63. The van der Waals surface area contributed by atoms with Crippen molar-refractivity contribution in [3.8, 4) is 11.1 Å². The average Bonchev–Trinajstić information content (AvgIpc) is 2.68. The molecule has 0 saturated heterocycles. The maximum Gasteiger partial charge on any atom is 0.247 e. The zero-order valence-corrected chi connectivity index (χ0v) is 14.2. The molecule has 3 rings (SSSR count). The topological polar surface area (TPSA) is 41.1 Å². The Kier molecular flexibility index (Phi) is 5.44. The number of carbonyl (C=O) groups is 1. The molecule has 0 radical (unpaired) electrons. The van der Waals surface area contributed by atoms with Crippen LogP contribution in [0.15, 0.2) is 85.5 Å². The summed E-state index contributed by atoms with van der Waals surface area (Å²) in [6.07, 6.45) is 1.24. The van der Waals surface area contributed by atoms with Crippen molar-refractivity contribution >= 4 is 17.3 Å². The number of hydrogen-bond donors (Lipinski definition) is 2. The zero-order valence-electron chi connectivity index (χ0n) is 14.2. The summed E-state index contributed by atoms with van der Waals surface area (Å²) in [6, 6.07) is 22.0. The van der Waals surface area contributed by atoms with Crippen LogP contribution >= 0.6 is 0 Å². The van der Waals surface area contributed by atoms with Gasteiger partial charge in [-0.3, -0.25) is 4.79 Å². The molecular weight excluding hydrogens is 327 g/mol. The largest absolute Gasteiger partial charge is 0.380 e. The molecule has 0 atom stereocenters. The molecule has 0 aromatic heterocycles. The lowest BCUT2D eigenvalue weighted by atomic mass is 10.0. The minimum absolute atomic E-state index is 0.249. The molecule has 0 unspecified atom stereocenters. The van der Waals surface area contributed by atoms with Crippen molar-refractivity contribution in [1.82, 2.24) is 0 Å². The van der Waals surface area contributed by atoms with Crippen LogP contribution in [0.5, 0.6) is 0 Å². The molecule has 0 fully saturated rings. The molecule has 130 valence electrons. The van der Waals surface area contributed by atoms with Gasteiger partial charge in [-0.25, -0.2) is 4.39 Å². The van der Waals surface area contributed by atoms with Gasteiger partial charge in [-0.05, 0) is 47.5 Å². The first kappa shape index (κ1) is 17.4. The van der Waals surface area contributed by atoms with E-state index in [1.807, 2.05) is 48.5 Å². The molecule has 0 aliphatic rings. The van der Waals surface area contributed by atoms with Crippen LogP contribution in [-0.4, -0.2) is 5.91 Å². The third-order valence-corrected chi connectivity index (χ3v) is 3.95. The van der Waals surface area contributed by atoms with Crippen molar-refractivity contribution in [2.45, 2.75) is 6.54 Å². The molecule has 0 bridgehead atoms. The van der Waals surface area contributed by atoms with Gasteiger partial charge in [-0.15, -0.1) is 0 Å². The van der Waals surface area contributed by atoms with E-state index in [-0.39, 0.29) is 11.7 Å². The Labute approximate surface area is 152 Å². The van der Waals surface area contributed by atoms with E-state index < -0.39 is 0 Å².